The van der Waals surface area contributed by atoms with Gasteiger partial charge in [-0.25, -0.2) is 26.0 Å². The highest BCUT2D eigenvalue weighted by molar-refractivity contribution is 7.89. The van der Waals surface area contributed by atoms with Crippen molar-refractivity contribution in [3.8, 4) is 0 Å². The molecule has 2 aromatic rings. The van der Waals surface area contributed by atoms with Crippen molar-refractivity contribution in [2.75, 3.05) is 18.4 Å². The third kappa shape index (κ3) is 5.05. The molecule has 1 saturated heterocycles. The molecule has 6 nitrogen and oxygen atoms in total. The van der Waals surface area contributed by atoms with Gasteiger partial charge in [0.25, 0.3) is 5.91 Å². The Morgan fingerprint density at radius 2 is 1.68 bits per heavy atom. The van der Waals surface area contributed by atoms with Gasteiger partial charge in [0.05, 0.1) is 5.60 Å². The summed E-state index contributed by atoms with van der Waals surface area (Å²) < 4.78 is 81.1. The Morgan fingerprint density at radius 1 is 1.03 bits per heavy atom. The van der Waals surface area contributed by atoms with Gasteiger partial charge in [-0.05, 0) is 44.4 Å². The molecule has 0 aromatic heterocycles. The number of benzene rings is 2. The summed E-state index contributed by atoms with van der Waals surface area (Å²) in [6.07, 6.45) is 0.917. The predicted octanol–water partition coefficient (Wildman–Crippen LogP) is 3.42. The molecule has 0 radical (unpaired) electrons. The number of nitrogens with zero attached hydrogens (tertiary/aromatic N) is 1. The van der Waals surface area contributed by atoms with Gasteiger partial charge in [-0.15, -0.1) is 0 Å². The van der Waals surface area contributed by atoms with E-state index < -0.39 is 55.4 Å². The summed E-state index contributed by atoms with van der Waals surface area (Å²) >= 11 is 0. The van der Waals surface area contributed by atoms with Crippen molar-refractivity contribution < 1.29 is 35.9 Å². The van der Waals surface area contributed by atoms with Gasteiger partial charge < -0.3 is 10.4 Å². The Kier molecular flexibility index (Phi) is 6.40. The van der Waals surface area contributed by atoms with Gasteiger partial charge in [0.15, 0.2) is 17.5 Å². The molecule has 168 valence electrons. The van der Waals surface area contributed by atoms with E-state index in [9.17, 15) is 35.9 Å². The average Bonchev–Trinajstić information content (AvgIpc) is 2.87. The topological polar surface area (TPSA) is 86.7 Å². The zero-order valence-electron chi connectivity index (χ0n) is 16.5. The van der Waals surface area contributed by atoms with Gasteiger partial charge in [0, 0.05) is 36.5 Å². The standard InChI is InChI=1S/C20H20F4N2O4S/c1-20(28)5-2-7-26(8-6-20)31(29,30)17-9-12(3-4-14(17)21)19(27)25-13-10-15(22)18(24)16(23)11-13/h3-4,9-11,28H,2,5-8H2,1H3,(H,25,27). The lowest BCUT2D eigenvalue weighted by Gasteiger charge is -2.22. The molecular weight excluding hydrogens is 440 g/mol. The number of anilines is 1. The number of aliphatic hydroxyl groups is 1. The lowest BCUT2D eigenvalue weighted by atomic mass is 9.98. The third-order valence-electron chi connectivity index (χ3n) is 5.08. The van der Waals surface area contributed by atoms with E-state index in [0.29, 0.717) is 25.0 Å². The van der Waals surface area contributed by atoms with E-state index in [4.69, 9.17) is 0 Å². The Hall–Kier alpha value is -2.50. The Bertz CT molecular complexity index is 1100. The highest BCUT2D eigenvalue weighted by Gasteiger charge is 2.33. The lowest BCUT2D eigenvalue weighted by Crippen LogP contribution is -2.34. The molecule has 0 aliphatic carbocycles. The second-order valence-electron chi connectivity index (χ2n) is 7.61. The molecule has 1 aliphatic rings. The van der Waals surface area contributed by atoms with E-state index in [-0.39, 0.29) is 25.1 Å². The number of carbonyl (C=O) groups is 1. The van der Waals surface area contributed by atoms with Crippen molar-refractivity contribution in [2.45, 2.75) is 36.7 Å². The second kappa shape index (κ2) is 8.56. The molecule has 1 heterocycles. The van der Waals surface area contributed by atoms with Gasteiger partial charge in [0.1, 0.15) is 10.7 Å². The Labute approximate surface area is 176 Å². The van der Waals surface area contributed by atoms with Crippen molar-refractivity contribution in [3.05, 3.63) is 59.2 Å². The minimum Gasteiger partial charge on any atom is -0.390 e. The largest absolute Gasteiger partial charge is 0.390 e. The number of nitrogens with one attached hydrogen (secondary N) is 1. The number of hydrogen-bond donors (Lipinski definition) is 2. The molecule has 1 atom stereocenters. The van der Waals surface area contributed by atoms with E-state index in [2.05, 4.69) is 5.32 Å². The first kappa shape index (κ1) is 23.2. The normalized spacial score (nSPS) is 20.3. The number of hydrogen-bond acceptors (Lipinski definition) is 4. The smallest absolute Gasteiger partial charge is 0.255 e. The van der Waals surface area contributed by atoms with Gasteiger partial charge in [0.2, 0.25) is 10.0 Å². The summed E-state index contributed by atoms with van der Waals surface area (Å²) in [7, 11) is -4.32. The maximum Gasteiger partial charge on any atom is 0.255 e. The summed E-state index contributed by atoms with van der Waals surface area (Å²) in [5.74, 6) is -6.79. The average molecular weight is 460 g/mol. The van der Waals surface area contributed by atoms with Crippen LogP contribution in [0.3, 0.4) is 0 Å². The van der Waals surface area contributed by atoms with Gasteiger partial charge in [-0.2, -0.15) is 4.31 Å². The van der Waals surface area contributed by atoms with E-state index in [1.54, 1.807) is 6.92 Å². The fraction of sp³-hybridized carbons (Fsp3) is 0.350. The molecule has 1 unspecified atom stereocenters. The monoisotopic (exact) mass is 460 g/mol. The fourth-order valence-electron chi connectivity index (χ4n) is 3.29. The minimum atomic E-state index is -4.32. The van der Waals surface area contributed by atoms with Crippen LogP contribution >= 0.6 is 0 Å². The second-order valence-corrected chi connectivity index (χ2v) is 9.51. The van der Waals surface area contributed by atoms with E-state index in [0.717, 1.165) is 22.5 Å². The SMILES string of the molecule is CC1(O)CCCN(S(=O)(=O)c2cc(C(=O)Nc3cc(F)c(F)c(F)c3)ccc2F)CC1. The van der Waals surface area contributed by atoms with Crippen LogP contribution in [0.15, 0.2) is 35.2 Å². The maximum atomic E-state index is 14.4. The van der Waals surface area contributed by atoms with Crippen molar-refractivity contribution in [1.29, 1.82) is 0 Å². The third-order valence-corrected chi connectivity index (χ3v) is 6.99. The number of carbonyl (C=O) groups excluding carboxylic acids is 1. The lowest BCUT2D eigenvalue weighted by molar-refractivity contribution is 0.0465. The molecule has 0 spiro atoms. The molecule has 0 saturated carbocycles. The first-order chi connectivity index (χ1) is 14.4. The highest BCUT2D eigenvalue weighted by Crippen LogP contribution is 2.27. The molecule has 1 amide bonds. The number of halogens is 4. The van der Waals surface area contributed by atoms with Crippen LogP contribution in [-0.2, 0) is 10.0 Å². The summed E-state index contributed by atoms with van der Waals surface area (Å²) in [4.78, 5) is 11.7. The van der Waals surface area contributed by atoms with Crippen LogP contribution in [0.25, 0.3) is 0 Å². The van der Waals surface area contributed by atoms with Crippen LogP contribution in [0, 0.1) is 23.3 Å². The van der Waals surface area contributed by atoms with Crippen molar-refractivity contribution in [2.24, 2.45) is 0 Å². The van der Waals surface area contributed by atoms with Gasteiger partial charge in [-0.3, -0.25) is 4.79 Å². The van der Waals surface area contributed by atoms with Crippen LogP contribution in [-0.4, -0.2) is 42.4 Å². The summed E-state index contributed by atoms with van der Waals surface area (Å²) in [5, 5.41) is 12.3. The summed E-state index contributed by atoms with van der Waals surface area (Å²) in [6.45, 7) is 1.64. The van der Waals surface area contributed by atoms with E-state index >= 15 is 0 Å². The predicted molar refractivity (Wildman–Crippen MR) is 104 cm³/mol. The van der Waals surface area contributed by atoms with Gasteiger partial charge >= 0.3 is 0 Å². The van der Waals surface area contributed by atoms with Crippen LogP contribution in [0.5, 0.6) is 0 Å². The van der Waals surface area contributed by atoms with Crippen LogP contribution in [0.4, 0.5) is 23.2 Å². The van der Waals surface area contributed by atoms with Gasteiger partial charge in [-0.1, -0.05) is 0 Å². The van der Waals surface area contributed by atoms with Crippen molar-refractivity contribution in [3.63, 3.8) is 0 Å². The highest BCUT2D eigenvalue weighted by atomic mass is 32.2. The summed E-state index contributed by atoms with van der Waals surface area (Å²) in [6, 6.07) is 3.73. The van der Waals surface area contributed by atoms with Crippen LogP contribution < -0.4 is 5.32 Å². The molecule has 11 heteroatoms. The van der Waals surface area contributed by atoms with E-state index in [1.165, 1.54) is 0 Å². The Morgan fingerprint density at radius 3 is 2.32 bits per heavy atom. The van der Waals surface area contributed by atoms with Crippen molar-refractivity contribution >= 4 is 21.6 Å². The Balaban J connectivity index is 1.88. The molecule has 2 aromatic carbocycles. The van der Waals surface area contributed by atoms with E-state index in [1.807, 2.05) is 0 Å². The molecule has 3 rings (SSSR count). The van der Waals surface area contributed by atoms with Crippen LogP contribution in [0.2, 0.25) is 0 Å². The maximum absolute atomic E-state index is 14.4. The number of rotatable bonds is 4. The first-order valence-electron chi connectivity index (χ1n) is 9.39. The zero-order chi connectivity index (χ0) is 23.0. The molecule has 2 N–H and O–H groups in total. The van der Waals surface area contributed by atoms with Crippen molar-refractivity contribution in [1.82, 2.24) is 4.31 Å². The number of sulfonamides is 1. The van der Waals surface area contributed by atoms with Crippen LogP contribution in [0.1, 0.15) is 36.5 Å². The number of amides is 1. The summed E-state index contributed by atoms with van der Waals surface area (Å²) in [5.41, 5.74) is -1.72. The molecular formula is C20H20F4N2O4S. The molecule has 1 aliphatic heterocycles. The molecule has 1 fully saturated rings. The fourth-order valence-corrected chi connectivity index (χ4v) is 4.86. The molecule has 0 bridgehead atoms. The quantitative estimate of drug-likeness (QED) is 0.541. The zero-order valence-corrected chi connectivity index (χ0v) is 17.3. The first-order valence-corrected chi connectivity index (χ1v) is 10.8. The molecule has 31 heavy (non-hydrogen) atoms. The minimum absolute atomic E-state index is 0.0284.